The van der Waals surface area contributed by atoms with Crippen molar-refractivity contribution in [3.05, 3.63) is 0 Å². The molecule has 0 bridgehead atoms. The van der Waals surface area contributed by atoms with Crippen LogP contribution in [0.15, 0.2) is 0 Å². The highest BCUT2D eigenvalue weighted by atomic mass is 16.4. The van der Waals surface area contributed by atoms with Gasteiger partial charge in [0.25, 0.3) is 0 Å². The lowest BCUT2D eigenvalue weighted by Crippen LogP contribution is -2.40. The quantitative estimate of drug-likeness (QED) is 0.253. The predicted octanol–water partition coefficient (Wildman–Crippen LogP) is -1.50. The molecule has 0 heterocycles. The molecule has 7 N–H and O–H groups in total. The van der Waals surface area contributed by atoms with Crippen molar-refractivity contribution < 1.29 is 29.7 Å². The first kappa shape index (κ1) is 20.3. The number of aliphatic carboxylic acids is 2. The van der Waals surface area contributed by atoms with Gasteiger partial charge in [-0.3, -0.25) is 14.4 Å². The minimum atomic E-state index is -1.09. The van der Waals surface area contributed by atoms with Crippen LogP contribution >= 0.6 is 0 Å². The van der Waals surface area contributed by atoms with Crippen LogP contribution in [-0.2, 0) is 14.4 Å². The highest BCUT2D eigenvalue weighted by Crippen LogP contribution is 2.05. The van der Waals surface area contributed by atoms with Crippen molar-refractivity contribution in [2.24, 2.45) is 5.73 Å². The van der Waals surface area contributed by atoms with Crippen LogP contribution in [0.4, 0.5) is 0 Å². The Morgan fingerprint density at radius 2 is 1.73 bits per heavy atom. The molecule has 128 valence electrons. The minimum absolute atomic E-state index is 0.0168. The number of aliphatic hydroxyl groups is 1. The Morgan fingerprint density at radius 3 is 2.18 bits per heavy atom. The van der Waals surface area contributed by atoms with Gasteiger partial charge in [-0.2, -0.15) is 0 Å². The molecule has 9 heteroatoms. The Hall–Kier alpha value is -1.71. The first-order chi connectivity index (χ1) is 10.3. The largest absolute Gasteiger partial charge is 0.480 e. The van der Waals surface area contributed by atoms with Crippen molar-refractivity contribution >= 4 is 17.8 Å². The highest BCUT2D eigenvalue weighted by Gasteiger charge is 2.18. The third-order valence-corrected chi connectivity index (χ3v) is 3.28. The third-order valence-electron chi connectivity index (χ3n) is 3.28. The van der Waals surface area contributed by atoms with Gasteiger partial charge in [-0.15, -0.1) is 0 Å². The molecule has 0 aliphatic heterocycles. The summed E-state index contributed by atoms with van der Waals surface area (Å²) in [6.07, 6.45) is 1.26. The van der Waals surface area contributed by atoms with Crippen LogP contribution in [0.2, 0.25) is 0 Å². The molecule has 0 aliphatic rings. The maximum absolute atomic E-state index is 11.7. The monoisotopic (exact) mass is 319 g/mol. The summed E-state index contributed by atoms with van der Waals surface area (Å²) in [7, 11) is 1.50. The van der Waals surface area contributed by atoms with Crippen LogP contribution in [0.3, 0.4) is 0 Å². The number of aliphatic hydroxyl groups excluding tert-OH is 1. The van der Waals surface area contributed by atoms with Crippen molar-refractivity contribution in [2.75, 3.05) is 13.7 Å². The minimum Gasteiger partial charge on any atom is -0.480 e. The molecule has 0 fully saturated rings. The SMILES string of the molecule is CNC(CCC(=O)NC(CO)CCCC(N)C(=O)O)C(=O)O. The second-order valence-corrected chi connectivity index (χ2v) is 5.04. The number of rotatable bonds is 12. The van der Waals surface area contributed by atoms with E-state index in [9.17, 15) is 19.5 Å². The van der Waals surface area contributed by atoms with E-state index < -0.39 is 30.1 Å². The molecule has 9 nitrogen and oxygen atoms in total. The lowest BCUT2D eigenvalue weighted by atomic mass is 10.1. The van der Waals surface area contributed by atoms with Crippen LogP contribution in [0.25, 0.3) is 0 Å². The number of likely N-dealkylation sites (N-methyl/N-ethyl adjacent to an activating group) is 1. The molecule has 0 aromatic heterocycles. The summed E-state index contributed by atoms with van der Waals surface area (Å²) in [5.41, 5.74) is 5.36. The summed E-state index contributed by atoms with van der Waals surface area (Å²) in [6.45, 7) is -0.275. The number of nitrogens with two attached hydrogens (primary N) is 1. The molecular weight excluding hydrogens is 294 g/mol. The van der Waals surface area contributed by atoms with Gasteiger partial charge < -0.3 is 31.7 Å². The van der Waals surface area contributed by atoms with Gasteiger partial charge in [0, 0.05) is 6.42 Å². The van der Waals surface area contributed by atoms with Gasteiger partial charge in [0.1, 0.15) is 12.1 Å². The van der Waals surface area contributed by atoms with E-state index in [-0.39, 0.29) is 31.8 Å². The number of carboxylic acid groups (broad SMARTS) is 2. The molecular formula is C13H25N3O6. The molecule has 3 unspecified atom stereocenters. The van der Waals surface area contributed by atoms with Crippen molar-refractivity contribution in [2.45, 2.75) is 50.2 Å². The van der Waals surface area contributed by atoms with Gasteiger partial charge in [0.2, 0.25) is 5.91 Å². The predicted molar refractivity (Wildman–Crippen MR) is 78.2 cm³/mol. The topological polar surface area (TPSA) is 162 Å². The van der Waals surface area contributed by atoms with E-state index in [1.165, 1.54) is 7.05 Å². The van der Waals surface area contributed by atoms with Crippen LogP contribution in [0.5, 0.6) is 0 Å². The third kappa shape index (κ3) is 8.55. The Bertz CT molecular complexity index is 377. The van der Waals surface area contributed by atoms with Crippen LogP contribution in [0.1, 0.15) is 32.1 Å². The zero-order chi connectivity index (χ0) is 17.1. The van der Waals surface area contributed by atoms with Crippen molar-refractivity contribution in [3.63, 3.8) is 0 Å². The van der Waals surface area contributed by atoms with Gasteiger partial charge in [0.15, 0.2) is 0 Å². The van der Waals surface area contributed by atoms with E-state index in [0.717, 1.165) is 0 Å². The molecule has 0 rings (SSSR count). The number of hydrogen-bond donors (Lipinski definition) is 6. The van der Waals surface area contributed by atoms with Gasteiger partial charge in [-0.1, -0.05) is 0 Å². The van der Waals surface area contributed by atoms with E-state index in [0.29, 0.717) is 12.8 Å². The van der Waals surface area contributed by atoms with Crippen LogP contribution < -0.4 is 16.4 Å². The molecule has 0 saturated carbocycles. The zero-order valence-electron chi connectivity index (χ0n) is 12.6. The standard InChI is InChI=1S/C13H25N3O6/c1-15-10(13(21)22)5-6-11(18)16-8(7-17)3-2-4-9(14)12(19)20/h8-10,15,17H,2-7,14H2,1H3,(H,16,18)(H,19,20)(H,21,22). The summed E-state index contributed by atoms with van der Waals surface area (Å²) < 4.78 is 0. The lowest BCUT2D eigenvalue weighted by molar-refractivity contribution is -0.140. The van der Waals surface area contributed by atoms with Crippen LogP contribution in [0, 0.1) is 0 Å². The van der Waals surface area contributed by atoms with E-state index in [1.807, 2.05) is 0 Å². The number of amides is 1. The maximum Gasteiger partial charge on any atom is 0.320 e. The number of carboxylic acids is 2. The van der Waals surface area contributed by atoms with Gasteiger partial charge in [0.05, 0.1) is 12.6 Å². The van der Waals surface area contributed by atoms with E-state index in [4.69, 9.17) is 15.9 Å². The van der Waals surface area contributed by atoms with Crippen molar-refractivity contribution in [1.82, 2.24) is 10.6 Å². The number of carbonyl (C=O) groups is 3. The highest BCUT2D eigenvalue weighted by molar-refractivity contribution is 5.78. The first-order valence-electron chi connectivity index (χ1n) is 7.10. The molecule has 0 aromatic carbocycles. The molecule has 0 spiro atoms. The Labute approximate surface area is 128 Å². The molecule has 22 heavy (non-hydrogen) atoms. The summed E-state index contributed by atoms with van der Waals surface area (Å²) in [4.78, 5) is 33.0. The lowest BCUT2D eigenvalue weighted by Gasteiger charge is -2.17. The van der Waals surface area contributed by atoms with E-state index in [1.54, 1.807) is 0 Å². The number of nitrogens with one attached hydrogen (secondary N) is 2. The zero-order valence-corrected chi connectivity index (χ0v) is 12.6. The second kappa shape index (κ2) is 10.9. The Balaban J connectivity index is 4.08. The van der Waals surface area contributed by atoms with Gasteiger partial charge in [-0.25, -0.2) is 0 Å². The summed E-state index contributed by atoms with van der Waals surface area (Å²) in [6, 6.07) is -2.25. The van der Waals surface area contributed by atoms with Gasteiger partial charge in [-0.05, 0) is 32.7 Å². The van der Waals surface area contributed by atoms with Crippen molar-refractivity contribution in [1.29, 1.82) is 0 Å². The first-order valence-corrected chi connectivity index (χ1v) is 7.10. The van der Waals surface area contributed by atoms with E-state index in [2.05, 4.69) is 10.6 Å². The Morgan fingerprint density at radius 1 is 1.09 bits per heavy atom. The fourth-order valence-corrected chi connectivity index (χ4v) is 1.88. The Kier molecular flexibility index (Phi) is 10.1. The fraction of sp³-hybridized carbons (Fsp3) is 0.769. The average molecular weight is 319 g/mol. The molecule has 0 saturated heterocycles. The fourth-order valence-electron chi connectivity index (χ4n) is 1.88. The molecule has 0 radical (unpaired) electrons. The molecule has 1 amide bonds. The second-order valence-electron chi connectivity index (χ2n) is 5.04. The summed E-state index contributed by atoms with van der Waals surface area (Å²) >= 11 is 0. The average Bonchev–Trinajstić information content (AvgIpc) is 2.46. The smallest absolute Gasteiger partial charge is 0.320 e. The normalized spacial score (nSPS) is 14.9. The van der Waals surface area contributed by atoms with Crippen LogP contribution in [-0.4, -0.2) is 64.9 Å². The van der Waals surface area contributed by atoms with Gasteiger partial charge >= 0.3 is 11.9 Å². The summed E-state index contributed by atoms with van der Waals surface area (Å²) in [5.74, 6) is -2.48. The molecule has 3 atom stereocenters. The molecule has 0 aromatic rings. The van der Waals surface area contributed by atoms with E-state index >= 15 is 0 Å². The number of hydrogen-bond acceptors (Lipinski definition) is 6. The number of carbonyl (C=O) groups excluding carboxylic acids is 1. The molecule has 0 aliphatic carbocycles. The maximum atomic E-state index is 11.7. The van der Waals surface area contributed by atoms with Crippen molar-refractivity contribution in [3.8, 4) is 0 Å². The summed E-state index contributed by atoms with van der Waals surface area (Å²) in [5, 5.41) is 31.8.